The molecule has 2 fully saturated rings. The van der Waals surface area contributed by atoms with Crippen molar-refractivity contribution >= 4 is 35.2 Å². The molecular weight excluding hydrogens is 374 g/mol. The Morgan fingerprint density at radius 2 is 1.83 bits per heavy atom. The number of benzene rings is 1. The molecule has 8 heteroatoms. The zero-order chi connectivity index (χ0) is 20.7. The van der Waals surface area contributed by atoms with Gasteiger partial charge in [-0.1, -0.05) is 19.8 Å². The Balaban J connectivity index is 1.51. The van der Waals surface area contributed by atoms with E-state index in [1.165, 1.54) is 0 Å². The Hall–Kier alpha value is -3.03. The lowest BCUT2D eigenvalue weighted by atomic mass is 9.85. The third-order valence-corrected chi connectivity index (χ3v) is 6.11. The van der Waals surface area contributed by atoms with Crippen LogP contribution in [0, 0.1) is 5.92 Å². The van der Waals surface area contributed by atoms with Gasteiger partial charge in [-0.15, -0.1) is 0 Å². The van der Waals surface area contributed by atoms with E-state index in [2.05, 4.69) is 5.32 Å². The molecular formula is C21H23N3O5. The Bertz CT molecular complexity index is 925. The molecule has 1 aromatic rings. The van der Waals surface area contributed by atoms with Crippen molar-refractivity contribution in [2.45, 2.75) is 51.5 Å². The molecule has 2 atom stereocenters. The maximum Gasteiger partial charge on any atom is 0.334 e. The normalized spacial score (nSPS) is 24.6. The number of rotatable bonds is 4. The molecule has 8 nitrogen and oxygen atoms in total. The van der Waals surface area contributed by atoms with Crippen molar-refractivity contribution in [3.63, 3.8) is 0 Å². The summed E-state index contributed by atoms with van der Waals surface area (Å²) in [6.07, 6.45) is 4.41. The number of carbonyl (C=O) groups excluding carboxylic acids is 5. The van der Waals surface area contributed by atoms with Crippen LogP contribution in [0.3, 0.4) is 0 Å². The highest BCUT2D eigenvalue weighted by Gasteiger charge is 2.49. The third-order valence-electron chi connectivity index (χ3n) is 6.11. The number of hydrogen-bond acceptors (Lipinski definition) is 5. The monoisotopic (exact) mass is 397 g/mol. The van der Waals surface area contributed by atoms with Crippen LogP contribution >= 0.6 is 0 Å². The van der Waals surface area contributed by atoms with Gasteiger partial charge in [0.2, 0.25) is 5.91 Å². The molecule has 4 rings (SSSR count). The molecule has 2 aliphatic heterocycles. The van der Waals surface area contributed by atoms with E-state index in [4.69, 9.17) is 0 Å². The van der Waals surface area contributed by atoms with Crippen LogP contribution in [0.2, 0.25) is 0 Å². The first kappa shape index (κ1) is 19.3. The van der Waals surface area contributed by atoms with E-state index in [9.17, 15) is 24.0 Å². The minimum atomic E-state index is -0.939. The first-order valence-corrected chi connectivity index (χ1v) is 10.0. The molecule has 0 aromatic heterocycles. The van der Waals surface area contributed by atoms with Crippen molar-refractivity contribution in [1.29, 1.82) is 0 Å². The van der Waals surface area contributed by atoms with Crippen molar-refractivity contribution in [1.82, 2.24) is 9.80 Å². The second-order valence-corrected chi connectivity index (χ2v) is 8.02. The number of aryl methyl sites for hydroxylation is 1. The number of ketones is 1. The fourth-order valence-corrected chi connectivity index (χ4v) is 4.43. The van der Waals surface area contributed by atoms with Crippen LogP contribution in [-0.4, -0.2) is 51.9 Å². The maximum atomic E-state index is 12.8. The SMILES string of the molecule is C[C@H]1CCCC[C@H]1N1C(=O)C(=O)N(CC(=O)c2ccc3c(c2)CCC(=O)N3)C1=O. The lowest BCUT2D eigenvalue weighted by molar-refractivity contribution is -0.144. The van der Waals surface area contributed by atoms with Crippen LogP contribution in [-0.2, 0) is 20.8 Å². The summed E-state index contributed by atoms with van der Waals surface area (Å²) in [7, 11) is 0. The van der Waals surface area contributed by atoms with Gasteiger partial charge < -0.3 is 5.32 Å². The molecule has 1 N–H and O–H groups in total. The third kappa shape index (κ3) is 3.43. The molecule has 0 spiro atoms. The molecule has 0 unspecified atom stereocenters. The second kappa shape index (κ2) is 7.42. The van der Waals surface area contributed by atoms with Crippen LogP contribution in [0.15, 0.2) is 18.2 Å². The first-order valence-electron chi connectivity index (χ1n) is 10.0. The molecule has 1 saturated carbocycles. The number of imide groups is 2. The predicted octanol–water partition coefficient (Wildman–Crippen LogP) is 2.12. The molecule has 152 valence electrons. The van der Waals surface area contributed by atoms with Gasteiger partial charge in [-0.3, -0.25) is 24.1 Å². The molecule has 0 radical (unpaired) electrons. The fourth-order valence-electron chi connectivity index (χ4n) is 4.43. The van der Waals surface area contributed by atoms with Crippen LogP contribution in [0.1, 0.15) is 54.9 Å². The van der Waals surface area contributed by atoms with Gasteiger partial charge in [0, 0.05) is 23.7 Å². The summed E-state index contributed by atoms with van der Waals surface area (Å²) in [5.41, 5.74) is 1.85. The van der Waals surface area contributed by atoms with E-state index in [0.717, 1.165) is 34.6 Å². The molecule has 2 heterocycles. The van der Waals surface area contributed by atoms with E-state index >= 15 is 0 Å². The van der Waals surface area contributed by atoms with Gasteiger partial charge in [0.15, 0.2) is 5.78 Å². The molecule has 5 amide bonds. The Kier molecular flexibility index (Phi) is 4.94. The minimum absolute atomic E-state index is 0.0691. The first-order chi connectivity index (χ1) is 13.9. The van der Waals surface area contributed by atoms with Gasteiger partial charge in [0.25, 0.3) is 0 Å². The van der Waals surface area contributed by atoms with Crippen molar-refractivity contribution in [2.75, 3.05) is 11.9 Å². The van der Waals surface area contributed by atoms with Crippen LogP contribution in [0.25, 0.3) is 0 Å². The van der Waals surface area contributed by atoms with Gasteiger partial charge in [0.1, 0.15) is 0 Å². The fraction of sp³-hybridized carbons (Fsp3) is 0.476. The quantitative estimate of drug-likeness (QED) is 0.476. The average Bonchev–Trinajstić information content (AvgIpc) is 2.91. The number of hydrogen-bond donors (Lipinski definition) is 1. The summed E-state index contributed by atoms with van der Waals surface area (Å²) < 4.78 is 0. The number of anilines is 1. The molecule has 29 heavy (non-hydrogen) atoms. The summed E-state index contributed by atoms with van der Waals surface area (Å²) >= 11 is 0. The van der Waals surface area contributed by atoms with Gasteiger partial charge in [-0.25, -0.2) is 9.69 Å². The average molecular weight is 397 g/mol. The summed E-state index contributed by atoms with van der Waals surface area (Å²) in [5.74, 6) is -2.13. The van der Waals surface area contributed by atoms with Gasteiger partial charge in [-0.05, 0) is 48.9 Å². The zero-order valence-corrected chi connectivity index (χ0v) is 16.3. The summed E-state index contributed by atoms with van der Waals surface area (Å²) in [6, 6.07) is 3.89. The highest BCUT2D eigenvalue weighted by molar-refractivity contribution is 6.45. The van der Waals surface area contributed by atoms with Crippen molar-refractivity contribution in [3.05, 3.63) is 29.3 Å². The maximum absolute atomic E-state index is 12.8. The Morgan fingerprint density at radius 1 is 1.07 bits per heavy atom. The number of Topliss-reactive ketones (excluding diaryl/α,β-unsaturated/α-hetero) is 1. The summed E-state index contributed by atoms with van der Waals surface area (Å²) in [4.78, 5) is 63.7. The Morgan fingerprint density at radius 3 is 2.59 bits per heavy atom. The van der Waals surface area contributed by atoms with E-state index in [1.54, 1.807) is 18.2 Å². The highest BCUT2D eigenvalue weighted by Crippen LogP contribution is 2.31. The molecule has 0 bridgehead atoms. The van der Waals surface area contributed by atoms with Gasteiger partial charge in [-0.2, -0.15) is 0 Å². The number of fused-ring (bicyclic) bond motifs is 1. The van der Waals surface area contributed by atoms with Gasteiger partial charge in [0.05, 0.1) is 6.54 Å². The number of carbonyl (C=O) groups is 5. The zero-order valence-electron chi connectivity index (χ0n) is 16.3. The molecule has 3 aliphatic rings. The van der Waals surface area contributed by atoms with Crippen LogP contribution in [0.5, 0.6) is 0 Å². The van der Waals surface area contributed by atoms with Crippen molar-refractivity contribution in [2.24, 2.45) is 5.92 Å². The van der Waals surface area contributed by atoms with Crippen LogP contribution in [0.4, 0.5) is 10.5 Å². The smallest absolute Gasteiger partial charge is 0.326 e. The topological polar surface area (TPSA) is 104 Å². The van der Waals surface area contributed by atoms with Gasteiger partial charge >= 0.3 is 17.8 Å². The van der Waals surface area contributed by atoms with E-state index < -0.39 is 30.2 Å². The van der Waals surface area contributed by atoms with Crippen molar-refractivity contribution in [3.8, 4) is 0 Å². The number of urea groups is 1. The summed E-state index contributed by atoms with van der Waals surface area (Å²) in [5, 5.41) is 2.75. The van der Waals surface area contributed by atoms with E-state index in [-0.39, 0.29) is 17.9 Å². The van der Waals surface area contributed by atoms with Crippen LogP contribution < -0.4 is 5.32 Å². The lowest BCUT2D eigenvalue weighted by Gasteiger charge is -2.34. The van der Waals surface area contributed by atoms with E-state index in [1.807, 2.05) is 6.92 Å². The van der Waals surface area contributed by atoms with E-state index in [0.29, 0.717) is 30.5 Å². The number of amides is 5. The molecule has 1 aliphatic carbocycles. The lowest BCUT2D eigenvalue weighted by Crippen LogP contribution is -2.46. The molecule has 1 saturated heterocycles. The highest BCUT2D eigenvalue weighted by atomic mass is 16.2. The second-order valence-electron chi connectivity index (χ2n) is 8.02. The Labute approximate surface area is 168 Å². The largest absolute Gasteiger partial charge is 0.334 e. The number of nitrogens with zero attached hydrogens (tertiary/aromatic N) is 2. The summed E-state index contributed by atoms with van der Waals surface area (Å²) in [6.45, 7) is 1.51. The predicted molar refractivity (Wildman–Crippen MR) is 103 cm³/mol. The van der Waals surface area contributed by atoms with Crippen molar-refractivity contribution < 1.29 is 24.0 Å². The molecule has 1 aromatic carbocycles. The standard InChI is InChI=1S/C21H23N3O5/c1-12-4-2-3-5-16(12)24-20(28)19(27)23(21(24)29)11-17(25)14-6-8-15-13(10-14)7-9-18(26)22-15/h6,8,10,12,16H,2-5,7,9,11H2,1H3,(H,22,26)/t12-,16+/m0/s1. The minimum Gasteiger partial charge on any atom is -0.326 e. The number of nitrogens with one attached hydrogen (secondary N) is 1.